The van der Waals surface area contributed by atoms with Crippen molar-refractivity contribution in [3.63, 3.8) is 0 Å². The van der Waals surface area contributed by atoms with Crippen LogP contribution in [0.1, 0.15) is 5.82 Å². The van der Waals surface area contributed by atoms with Crippen LogP contribution in [-0.2, 0) is 0 Å². The zero-order chi connectivity index (χ0) is 13.4. The summed E-state index contributed by atoms with van der Waals surface area (Å²) in [7, 11) is 1.61. The molecule has 6 nitrogen and oxygen atoms in total. The van der Waals surface area contributed by atoms with Crippen molar-refractivity contribution >= 4 is 11.2 Å². The number of aromatic nitrogens is 4. The van der Waals surface area contributed by atoms with Gasteiger partial charge in [-0.1, -0.05) is 0 Å². The maximum absolute atomic E-state index is 11.9. The monoisotopic (exact) mass is 256 g/mol. The first kappa shape index (κ1) is 11.5. The van der Waals surface area contributed by atoms with E-state index in [0.29, 0.717) is 17.0 Å². The molecular weight excluding hydrogens is 244 g/mol. The number of imidazole rings is 1. The summed E-state index contributed by atoms with van der Waals surface area (Å²) >= 11 is 0. The van der Waals surface area contributed by atoms with Crippen LogP contribution in [-0.4, -0.2) is 26.6 Å². The zero-order valence-electron chi connectivity index (χ0n) is 10.5. The number of ether oxygens (including phenoxy) is 1. The lowest BCUT2D eigenvalue weighted by Gasteiger charge is -2.07. The number of hydrogen-bond acceptors (Lipinski definition) is 4. The second kappa shape index (κ2) is 4.24. The molecule has 0 bridgehead atoms. The van der Waals surface area contributed by atoms with E-state index in [1.54, 1.807) is 11.7 Å². The molecular formula is C13H12N4O2. The second-order valence-electron chi connectivity index (χ2n) is 4.10. The van der Waals surface area contributed by atoms with Crippen LogP contribution in [0.15, 0.2) is 35.4 Å². The Morgan fingerprint density at radius 2 is 2.00 bits per heavy atom. The smallest absolute Gasteiger partial charge is 0.277 e. The summed E-state index contributed by atoms with van der Waals surface area (Å²) < 4.78 is 6.90. The molecule has 0 aliphatic heterocycles. The van der Waals surface area contributed by atoms with Gasteiger partial charge in [-0.2, -0.15) is 0 Å². The standard InChI is InChI=1S/C13H12N4O2/c1-8-16-12-11(13(18)15-7-14-12)17(8)9-3-5-10(19-2)6-4-9/h3-7H,1-2H3,(H,14,15,18). The minimum atomic E-state index is -0.207. The molecule has 0 radical (unpaired) electrons. The number of aryl methyl sites for hydroxylation is 1. The van der Waals surface area contributed by atoms with Gasteiger partial charge in [-0.3, -0.25) is 9.36 Å². The maximum Gasteiger partial charge on any atom is 0.277 e. The van der Waals surface area contributed by atoms with Gasteiger partial charge >= 0.3 is 0 Å². The van der Waals surface area contributed by atoms with Crippen molar-refractivity contribution in [2.75, 3.05) is 7.11 Å². The van der Waals surface area contributed by atoms with Gasteiger partial charge in [0, 0.05) is 5.69 Å². The predicted octanol–water partition coefficient (Wildman–Crippen LogP) is 1.43. The molecule has 0 aliphatic carbocycles. The molecule has 0 fully saturated rings. The van der Waals surface area contributed by atoms with Gasteiger partial charge in [0.1, 0.15) is 11.6 Å². The third-order valence-corrected chi connectivity index (χ3v) is 2.95. The molecule has 0 saturated heterocycles. The lowest BCUT2D eigenvalue weighted by Crippen LogP contribution is -2.10. The Morgan fingerprint density at radius 1 is 1.26 bits per heavy atom. The van der Waals surface area contributed by atoms with E-state index in [9.17, 15) is 4.79 Å². The summed E-state index contributed by atoms with van der Waals surface area (Å²) in [5.74, 6) is 1.47. The first-order valence-electron chi connectivity index (χ1n) is 5.78. The van der Waals surface area contributed by atoms with Crippen LogP contribution in [0, 0.1) is 6.92 Å². The van der Waals surface area contributed by atoms with Crippen molar-refractivity contribution in [1.29, 1.82) is 0 Å². The number of nitrogens with zero attached hydrogens (tertiary/aromatic N) is 3. The average Bonchev–Trinajstić information content (AvgIpc) is 2.76. The van der Waals surface area contributed by atoms with E-state index >= 15 is 0 Å². The minimum Gasteiger partial charge on any atom is -0.497 e. The van der Waals surface area contributed by atoms with Crippen molar-refractivity contribution in [2.45, 2.75) is 6.92 Å². The fourth-order valence-electron chi connectivity index (χ4n) is 2.08. The fourth-order valence-corrected chi connectivity index (χ4v) is 2.08. The van der Waals surface area contributed by atoms with Crippen LogP contribution in [0.5, 0.6) is 5.75 Å². The Morgan fingerprint density at radius 3 is 2.68 bits per heavy atom. The Balaban J connectivity index is 2.29. The SMILES string of the molecule is COc1ccc(-n2c(C)nc3nc[nH]c(=O)c32)cc1. The summed E-state index contributed by atoms with van der Waals surface area (Å²) in [6.07, 6.45) is 1.36. The van der Waals surface area contributed by atoms with Crippen LogP contribution >= 0.6 is 0 Å². The number of methoxy groups -OCH3 is 1. The number of nitrogens with one attached hydrogen (secondary N) is 1. The van der Waals surface area contributed by atoms with Gasteiger partial charge in [0.25, 0.3) is 5.56 Å². The van der Waals surface area contributed by atoms with Gasteiger partial charge in [-0.05, 0) is 31.2 Å². The molecule has 19 heavy (non-hydrogen) atoms. The van der Waals surface area contributed by atoms with Crippen molar-refractivity contribution in [3.8, 4) is 11.4 Å². The van der Waals surface area contributed by atoms with E-state index in [1.165, 1.54) is 6.33 Å². The molecule has 0 aliphatic rings. The third kappa shape index (κ3) is 1.77. The van der Waals surface area contributed by atoms with E-state index in [-0.39, 0.29) is 5.56 Å². The van der Waals surface area contributed by atoms with Gasteiger partial charge in [-0.25, -0.2) is 9.97 Å². The summed E-state index contributed by atoms with van der Waals surface area (Å²) in [5.41, 5.74) is 1.53. The topological polar surface area (TPSA) is 72.8 Å². The molecule has 3 rings (SSSR count). The number of hydrogen-bond donors (Lipinski definition) is 1. The summed E-state index contributed by atoms with van der Waals surface area (Å²) in [6.45, 7) is 1.84. The molecule has 0 saturated carbocycles. The largest absolute Gasteiger partial charge is 0.497 e. The lowest BCUT2D eigenvalue weighted by atomic mass is 10.3. The molecule has 0 unspecified atom stereocenters. The van der Waals surface area contributed by atoms with E-state index in [1.807, 2.05) is 31.2 Å². The molecule has 1 N–H and O–H groups in total. The van der Waals surface area contributed by atoms with Crippen molar-refractivity contribution in [1.82, 2.24) is 19.5 Å². The van der Waals surface area contributed by atoms with E-state index in [2.05, 4.69) is 15.0 Å². The Labute approximate surface area is 108 Å². The quantitative estimate of drug-likeness (QED) is 0.752. The Hall–Kier alpha value is -2.63. The van der Waals surface area contributed by atoms with Crippen LogP contribution in [0.2, 0.25) is 0 Å². The highest BCUT2D eigenvalue weighted by molar-refractivity contribution is 5.73. The summed E-state index contributed by atoms with van der Waals surface area (Å²) in [5, 5.41) is 0. The van der Waals surface area contributed by atoms with Gasteiger partial charge in [0.2, 0.25) is 0 Å². The van der Waals surface area contributed by atoms with Crippen LogP contribution in [0.3, 0.4) is 0 Å². The molecule has 3 aromatic rings. The van der Waals surface area contributed by atoms with Gasteiger partial charge in [-0.15, -0.1) is 0 Å². The van der Waals surface area contributed by atoms with Gasteiger partial charge < -0.3 is 9.72 Å². The number of aromatic amines is 1. The molecule has 96 valence electrons. The normalized spacial score (nSPS) is 10.8. The minimum absolute atomic E-state index is 0.207. The molecule has 0 atom stereocenters. The van der Waals surface area contributed by atoms with E-state index in [4.69, 9.17) is 4.74 Å². The molecule has 2 heterocycles. The van der Waals surface area contributed by atoms with Gasteiger partial charge in [0.15, 0.2) is 11.2 Å². The fraction of sp³-hybridized carbons (Fsp3) is 0.154. The number of benzene rings is 1. The zero-order valence-corrected chi connectivity index (χ0v) is 10.5. The summed E-state index contributed by atoms with van der Waals surface area (Å²) in [6, 6.07) is 7.43. The first-order chi connectivity index (χ1) is 9.20. The number of H-pyrrole nitrogens is 1. The molecule has 2 aromatic heterocycles. The predicted molar refractivity (Wildman–Crippen MR) is 70.8 cm³/mol. The van der Waals surface area contributed by atoms with E-state index in [0.717, 1.165) is 11.4 Å². The molecule has 0 spiro atoms. The summed E-state index contributed by atoms with van der Waals surface area (Å²) in [4.78, 5) is 22.9. The van der Waals surface area contributed by atoms with Crippen LogP contribution < -0.4 is 10.3 Å². The highest BCUT2D eigenvalue weighted by atomic mass is 16.5. The number of fused-ring (bicyclic) bond motifs is 1. The molecule has 1 aromatic carbocycles. The molecule has 6 heteroatoms. The Bertz CT molecular complexity index is 787. The average molecular weight is 256 g/mol. The van der Waals surface area contributed by atoms with Crippen molar-refractivity contribution < 1.29 is 4.74 Å². The van der Waals surface area contributed by atoms with Crippen LogP contribution in [0.4, 0.5) is 0 Å². The second-order valence-corrected chi connectivity index (χ2v) is 4.10. The first-order valence-corrected chi connectivity index (χ1v) is 5.78. The number of rotatable bonds is 2. The highest BCUT2D eigenvalue weighted by Crippen LogP contribution is 2.19. The molecule has 0 amide bonds. The van der Waals surface area contributed by atoms with Crippen LogP contribution in [0.25, 0.3) is 16.9 Å². The van der Waals surface area contributed by atoms with E-state index < -0.39 is 0 Å². The third-order valence-electron chi connectivity index (χ3n) is 2.95. The van der Waals surface area contributed by atoms with Crippen molar-refractivity contribution in [2.24, 2.45) is 0 Å². The lowest BCUT2D eigenvalue weighted by molar-refractivity contribution is 0.415. The highest BCUT2D eigenvalue weighted by Gasteiger charge is 2.13. The van der Waals surface area contributed by atoms with Crippen molar-refractivity contribution in [3.05, 3.63) is 46.8 Å². The Kier molecular flexibility index (Phi) is 2.56. The van der Waals surface area contributed by atoms with Gasteiger partial charge in [0.05, 0.1) is 13.4 Å². The maximum atomic E-state index is 11.9.